The largest absolute Gasteiger partial charge is 0.348 e. The molecule has 2 heterocycles. The van der Waals surface area contributed by atoms with Gasteiger partial charge in [-0.25, -0.2) is 12.8 Å². The second-order valence-electron chi connectivity index (χ2n) is 7.08. The summed E-state index contributed by atoms with van der Waals surface area (Å²) in [6, 6.07) is 14.7. The van der Waals surface area contributed by atoms with Gasteiger partial charge >= 0.3 is 0 Å². The standard InChI is InChI=1S/C21H17FN2O3S2/c22-14-7-8-18-15(11-14)16(9-10-28-18)23-20(25)12-24-17-5-1-3-13-4-2-6-19(21(13)17)29(24,26)27/h1-8,11,16H,9-10,12H2,(H,23,25)/t16-/m0/s1. The minimum Gasteiger partial charge on any atom is -0.348 e. The number of fused-ring (bicyclic) bond motifs is 1. The van der Waals surface area contributed by atoms with Crippen LogP contribution in [-0.4, -0.2) is 26.6 Å². The van der Waals surface area contributed by atoms with Crippen LogP contribution >= 0.6 is 11.8 Å². The van der Waals surface area contributed by atoms with Gasteiger partial charge in [-0.05, 0) is 47.7 Å². The van der Waals surface area contributed by atoms with Gasteiger partial charge in [0.25, 0.3) is 10.0 Å². The van der Waals surface area contributed by atoms with E-state index in [4.69, 9.17) is 0 Å². The van der Waals surface area contributed by atoms with Crippen LogP contribution in [0.15, 0.2) is 64.4 Å². The predicted octanol–water partition coefficient (Wildman–Crippen LogP) is 3.84. The van der Waals surface area contributed by atoms with E-state index in [0.717, 1.165) is 25.9 Å². The minimum atomic E-state index is -3.79. The fourth-order valence-electron chi connectivity index (χ4n) is 4.01. The maximum absolute atomic E-state index is 13.7. The van der Waals surface area contributed by atoms with Crippen molar-refractivity contribution in [2.45, 2.75) is 22.3 Å². The summed E-state index contributed by atoms with van der Waals surface area (Å²) in [5, 5.41) is 4.36. The van der Waals surface area contributed by atoms with Crippen LogP contribution in [-0.2, 0) is 14.8 Å². The van der Waals surface area contributed by atoms with Crippen LogP contribution in [0.25, 0.3) is 10.8 Å². The number of hydrogen-bond acceptors (Lipinski definition) is 4. The number of anilines is 1. The van der Waals surface area contributed by atoms with E-state index in [1.807, 2.05) is 12.1 Å². The average molecular weight is 429 g/mol. The van der Waals surface area contributed by atoms with Gasteiger partial charge in [0.15, 0.2) is 0 Å². The van der Waals surface area contributed by atoms with Gasteiger partial charge in [-0.1, -0.05) is 24.3 Å². The van der Waals surface area contributed by atoms with Gasteiger partial charge in [0.1, 0.15) is 12.4 Å². The Balaban J connectivity index is 1.43. The Labute approximate surface area is 172 Å². The zero-order valence-electron chi connectivity index (χ0n) is 15.3. The average Bonchev–Trinajstić information content (AvgIpc) is 2.92. The topological polar surface area (TPSA) is 66.5 Å². The van der Waals surface area contributed by atoms with Gasteiger partial charge in [0.05, 0.1) is 16.6 Å². The van der Waals surface area contributed by atoms with Gasteiger partial charge in [0.2, 0.25) is 5.91 Å². The summed E-state index contributed by atoms with van der Waals surface area (Å²) in [5.41, 5.74) is 1.25. The smallest absolute Gasteiger partial charge is 0.265 e. The Bertz CT molecular complexity index is 1250. The molecule has 0 aliphatic carbocycles. The number of carbonyl (C=O) groups is 1. The molecule has 8 heteroatoms. The molecule has 1 amide bonds. The summed E-state index contributed by atoms with van der Waals surface area (Å²) >= 11 is 1.62. The molecule has 29 heavy (non-hydrogen) atoms. The lowest BCUT2D eigenvalue weighted by Gasteiger charge is -2.27. The van der Waals surface area contributed by atoms with Crippen LogP contribution in [0, 0.1) is 5.82 Å². The highest BCUT2D eigenvalue weighted by Crippen LogP contribution is 2.42. The molecule has 2 aliphatic heterocycles. The molecule has 0 saturated carbocycles. The van der Waals surface area contributed by atoms with E-state index < -0.39 is 15.9 Å². The summed E-state index contributed by atoms with van der Waals surface area (Å²) in [5.74, 6) is 0.0383. The Morgan fingerprint density at radius 1 is 1.17 bits per heavy atom. The first-order valence-electron chi connectivity index (χ1n) is 9.21. The molecule has 5 rings (SSSR count). The third kappa shape index (κ3) is 2.98. The highest BCUT2D eigenvalue weighted by atomic mass is 32.2. The Hall–Kier alpha value is -2.58. The van der Waals surface area contributed by atoms with Crippen LogP contribution in [0.3, 0.4) is 0 Å². The summed E-state index contributed by atoms with van der Waals surface area (Å²) in [4.78, 5) is 14.0. The first-order chi connectivity index (χ1) is 13.9. The minimum absolute atomic E-state index is 0.222. The van der Waals surface area contributed by atoms with Crippen molar-refractivity contribution >= 4 is 44.2 Å². The normalized spacial score (nSPS) is 19.2. The third-order valence-electron chi connectivity index (χ3n) is 5.31. The highest BCUT2D eigenvalue weighted by Gasteiger charge is 2.37. The lowest BCUT2D eigenvalue weighted by molar-refractivity contribution is -0.120. The number of amides is 1. The molecule has 2 aliphatic rings. The highest BCUT2D eigenvalue weighted by molar-refractivity contribution is 7.99. The number of thioether (sulfide) groups is 1. The zero-order chi connectivity index (χ0) is 20.2. The van der Waals surface area contributed by atoms with E-state index in [1.54, 1.807) is 42.1 Å². The number of rotatable bonds is 3. The molecular formula is C21H17FN2O3S2. The number of benzene rings is 3. The molecule has 0 spiro atoms. The van der Waals surface area contributed by atoms with Crippen molar-refractivity contribution in [2.75, 3.05) is 16.6 Å². The molecule has 5 nitrogen and oxygen atoms in total. The van der Waals surface area contributed by atoms with E-state index in [1.165, 1.54) is 12.1 Å². The van der Waals surface area contributed by atoms with Crippen molar-refractivity contribution in [1.29, 1.82) is 0 Å². The first kappa shape index (κ1) is 18.4. The summed E-state index contributed by atoms with van der Waals surface area (Å²) in [7, 11) is -3.79. The lowest BCUT2D eigenvalue weighted by Crippen LogP contribution is -2.41. The lowest BCUT2D eigenvalue weighted by atomic mass is 10.0. The number of hydrogen-bond donors (Lipinski definition) is 1. The second-order valence-corrected chi connectivity index (χ2v) is 10.0. The number of carbonyl (C=O) groups excluding carboxylic acids is 1. The van der Waals surface area contributed by atoms with Crippen LogP contribution in [0.4, 0.5) is 10.1 Å². The van der Waals surface area contributed by atoms with Gasteiger partial charge in [0, 0.05) is 16.0 Å². The van der Waals surface area contributed by atoms with E-state index in [0.29, 0.717) is 17.5 Å². The summed E-state index contributed by atoms with van der Waals surface area (Å²) < 4.78 is 40.9. The van der Waals surface area contributed by atoms with Crippen molar-refractivity contribution in [2.24, 2.45) is 0 Å². The second kappa shape index (κ2) is 6.74. The summed E-state index contributed by atoms with van der Waals surface area (Å²) in [6.07, 6.45) is 0.662. The molecule has 0 bridgehead atoms. The fraction of sp³-hybridized carbons (Fsp3) is 0.190. The maximum Gasteiger partial charge on any atom is 0.265 e. The van der Waals surface area contributed by atoms with Crippen LogP contribution in [0.5, 0.6) is 0 Å². The van der Waals surface area contributed by atoms with E-state index in [-0.39, 0.29) is 23.3 Å². The molecule has 3 aromatic rings. The van der Waals surface area contributed by atoms with Crippen molar-refractivity contribution in [3.8, 4) is 0 Å². The molecule has 0 fully saturated rings. The third-order valence-corrected chi connectivity index (χ3v) is 8.24. The van der Waals surface area contributed by atoms with Crippen molar-refractivity contribution in [3.63, 3.8) is 0 Å². The van der Waals surface area contributed by atoms with E-state index in [2.05, 4.69) is 5.32 Å². The van der Waals surface area contributed by atoms with Gasteiger partial charge < -0.3 is 5.32 Å². The number of nitrogens with zero attached hydrogens (tertiary/aromatic N) is 1. The molecule has 148 valence electrons. The Kier molecular flexibility index (Phi) is 4.29. The van der Waals surface area contributed by atoms with Crippen LogP contribution in [0.1, 0.15) is 18.0 Å². The molecule has 1 N–H and O–H groups in total. The van der Waals surface area contributed by atoms with Gasteiger partial charge in [-0.3, -0.25) is 9.10 Å². The zero-order valence-corrected chi connectivity index (χ0v) is 16.9. The SMILES string of the molecule is O=C(CN1c2cccc3cccc(c23)S1(=O)=O)N[C@H]1CCSc2ccc(F)cc21. The maximum atomic E-state index is 13.7. The van der Waals surface area contributed by atoms with Crippen LogP contribution in [0.2, 0.25) is 0 Å². The first-order valence-corrected chi connectivity index (χ1v) is 11.6. The van der Waals surface area contributed by atoms with Crippen molar-refractivity contribution < 1.29 is 17.6 Å². The van der Waals surface area contributed by atoms with Crippen LogP contribution < -0.4 is 9.62 Å². The Morgan fingerprint density at radius 3 is 2.79 bits per heavy atom. The van der Waals surface area contributed by atoms with Gasteiger partial charge in [-0.15, -0.1) is 11.8 Å². The quantitative estimate of drug-likeness (QED) is 0.688. The van der Waals surface area contributed by atoms with Gasteiger partial charge in [-0.2, -0.15) is 0 Å². The Morgan fingerprint density at radius 2 is 1.97 bits per heavy atom. The number of sulfonamides is 1. The molecular weight excluding hydrogens is 411 g/mol. The predicted molar refractivity (Wildman–Crippen MR) is 111 cm³/mol. The molecule has 3 aromatic carbocycles. The molecule has 1 atom stereocenters. The molecule has 0 aromatic heterocycles. The molecule has 0 saturated heterocycles. The number of nitrogens with one attached hydrogen (secondary N) is 1. The van der Waals surface area contributed by atoms with Crippen molar-refractivity contribution in [3.05, 3.63) is 66.0 Å². The van der Waals surface area contributed by atoms with Crippen molar-refractivity contribution in [1.82, 2.24) is 5.32 Å². The summed E-state index contributed by atoms with van der Waals surface area (Å²) in [6.45, 7) is -0.315. The number of halogens is 1. The van der Waals surface area contributed by atoms with E-state index in [9.17, 15) is 17.6 Å². The van der Waals surface area contributed by atoms with E-state index >= 15 is 0 Å². The molecule has 0 radical (unpaired) electrons. The molecule has 0 unspecified atom stereocenters. The monoisotopic (exact) mass is 428 g/mol. The fourth-order valence-corrected chi connectivity index (χ4v) is 6.79.